The fraction of sp³-hybridized carbons (Fsp3) is 0.435. The van der Waals surface area contributed by atoms with Crippen molar-refractivity contribution in [2.24, 2.45) is 5.41 Å². The number of likely N-dealkylation sites (tertiary alicyclic amines) is 1. The molecule has 0 radical (unpaired) electrons. The molecule has 142 valence electrons. The summed E-state index contributed by atoms with van der Waals surface area (Å²) < 4.78 is 14.2. The minimum atomic E-state index is -0.412. The van der Waals surface area contributed by atoms with E-state index in [9.17, 15) is 4.39 Å². The Balaban J connectivity index is 0.00000301. The van der Waals surface area contributed by atoms with E-state index in [1.165, 1.54) is 6.08 Å². The van der Waals surface area contributed by atoms with Gasteiger partial charge in [0.15, 0.2) is 0 Å². The third-order valence-corrected chi connectivity index (χ3v) is 4.44. The highest BCUT2D eigenvalue weighted by Gasteiger charge is 2.29. The maximum Gasteiger partial charge on any atom is 0.130 e. The van der Waals surface area contributed by atoms with Gasteiger partial charge in [-0.25, -0.2) is 4.39 Å². The second-order valence-electron chi connectivity index (χ2n) is 6.67. The molecule has 1 rings (SSSR count). The van der Waals surface area contributed by atoms with Gasteiger partial charge >= 0.3 is 0 Å². The van der Waals surface area contributed by atoms with Crippen molar-refractivity contribution in [3.8, 4) is 6.07 Å². The van der Waals surface area contributed by atoms with E-state index in [1.807, 2.05) is 13.8 Å². The molecule has 1 aliphatic rings. The molecule has 0 aliphatic carbocycles. The van der Waals surface area contributed by atoms with Crippen molar-refractivity contribution in [3.05, 3.63) is 73.2 Å². The summed E-state index contributed by atoms with van der Waals surface area (Å²) in [6.07, 6.45) is 8.96. The molecule has 0 saturated carbocycles. The lowest BCUT2D eigenvalue weighted by molar-refractivity contribution is 0.130. The van der Waals surface area contributed by atoms with Crippen LogP contribution in [0.2, 0.25) is 0 Å². The monoisotopic (exact) mass is 356 g/mol. The molecule has 1 heterocycles. The minimum absolute atomic E-state index is 0.108. The first-order chi connectivity index (χ1) is 12.3. The van der Waals surface area contributed by atoms with Gasteiger partial charge < -0.3 is 0 Å². The average molecular weight is 357 g/mol. The van der Waals surface area contributed by atoms with E-state index >= 15 is 0 Å². The Morgan fingerprint density at radius 3 is 2.31 bits per heavy atom. The van der Waals surface area contributed by atoms with E-state index in [0.717, 1.165) is 25.9 Å². The Morgan fingerprint density at radius 2 is 1.81 bits per heavy atom. The normalized spacial score (nSPS) is 17.0. The Labute approximate surface area is 159 Å². The van der Waals surface area contributed by atoms with Gasteiger partial charge in [-0.3, -0.25) is 4.90 Å². The van der Waals surface area contributed by atoms with E-state index in [-0.39, 0.29) is 11.0 Å². The fourth-order valence-corrected chi connectivity index (χ4v) is 2.66. The molecule has 0 unspecified atom stereocenters. The zero-order valence-corrected chi connectivity index (χ0v) is 16.7. The number of halogens is 1. The van der Waals surface area contributed by atoms with Crippen molar-refractivity contribution in [1.29, 1.82) is 5.26 Å². The van der Waals surface area contributed by atoms with Crippen LogP contribution >= 0.6 is 0 Å². The van der Waals surface area contributed by atoms with Crippen LogP contribution in [-0.4, -0.2) is 24.5 Å². The smallest absolute Gasteiger partial charge is 0.130 e. The molecule has 0 N–H and O–H groups in total. The zero-order valence-electron chi connectivity index (χ0n) is 16.7. The van der Waals surface area contributed by atoms with Gasteiger partial charge in [-0.2, -0.15) is 5.26 Å². The van der Waals surface area contributed by atoms with Gasteiger partial charge in [0.05, 0.1) is 6.07 Å². The largest absolute Gasteiger partial charge is 0.299 e. The van der Waals surface area contributed by atoms with Crippen LogP contribution in [0.25, 0.3) is 0 Å². The van der Waals surface area contributed by atoms with Crippen LogP contribution in [-0.2, 0) is 0 Å². The highest BCUT2D eigenvalue weighted by Crippen LogP contribution is 2.34. The molecule has 1 fully saturated rings. The summed E-state index contributed by atoms with van der Waals surface area (Å²) in [4.78, 5) is 2.25. The molecular formula is C23H33FN2. The predicted octanol–water partition coefficient (Wildman–Crippen LogP) is 6.29. The lowest BCUT2D eigenvalue weighted by atomic mass is 9.78. The van der Waals surface area contributed by atoms with Crippen molar-refractivity contribution >= 4 is 0 Å². The van der Waals surface area contributed by atoms with Crippen molar-refractivity contribution in [1.82, 2.24) is 4.90 Å². The quantitative estimate of drug-likeness (QED) is 0.478. The Bertz CT molecular complexity index is 609. The Morgan fingerprint density at radius 1 is 1.23 bits per heavy atom. The van der Waals surface area contributed by atoms with E-state index in [0.29, 0.717) is 24.1 Å². The van der Waals surface area contributed by atoms with Crippen LogP contribution in [0.1, 0.15) is 40.0 Å². The summed E-state index contributed by atoms with van der Waals surface area (Å²) >= 11 is 0. The van der Waals surface area contributed by atoms with E-state index < -0.39 is 5.83 Å². The standard InChI is InChI=1S/C21H27FN2.C2H6/c1-6-7-8-18(3)19(4)20(22)15-17(2)16-24-13-10-21(5,9-12-23)11-14-24;1-2/h6-8,15H,1-4,9-11,13-14,16H2,5H3;1-2H3/b8-7-,20-15+;. The first-order valence-electron chi connectivity index (χ1n) is 9.13. The highest BCUT2D eigenvalue weighted by atomic mass is 19.1. The van der Waals surface area contributed by atoms with Gasteiger partial charge in [0.2, 0.25) is 0 Å². The van der Waals surface area contributed by atoms with Crippen LogP contribution in [0.15, 0.2) is 73.2 Å². The van der Waals surface area contributed by atoms with Gasteiger partial charge in [0.1, 0.15) is 5.83 Å². The molecular weight excluding hydrogens is 323 g/mol. The average Bonchev–Trinajstić information content (AvgIpc) is 2.62. The Kier molecular flexibility index (Phi) is 11.2. The van der Waals surface area contributed by atoms with Gasteiger partial charge in [-0.05, 0) is 48.6 Å². The van der Waals surface area contributed by atoms with Gasteiger partial charge in [0.25, 0.3) is 0 Å². The first-order valence-corrected chi connectivity index (χ1v) is 9.13. The number of piperidine rings is 1. The number of allylic oxidation sites excluding steroid dienone is 6. The summed E-state index contributed by atoms with van der Waals surface area (Å²) in [5, 5.41) is 8.89. The van der Waals surface area contributed by atoms with Crippen LogP contribution in [0.4, 0.5) is 4.39 Å². The lowest BCUT2D eigenvalue weighted by Gasteiger charge is -2.38. The van der Waals surface area contributed by atoms with Gasteiger partial charge in [-0.15, -0.1) is 0 Å². The molecule has 0 aromatic heterocycles. The molecule has 1 aliphatic heterocycles. The molecule has 3 heteroatoms. The summed E-state index contributed by atoms with van der Waals surface area (Å²) in [7, 11) is 0. The van der Waals surface area contributed by atoms with Crippen LogP contribution in [0.3, 0.4) is 0 Å². The molecule has 1 saturated heterocycles. The molecule has 2 nitrogen and oxygen atoms in total. The van der Waals surface area contributed by atoms with Gasteiger partial charge in [0, 0.05) is 18.5 Å². The number of nitrogens with zero attached hydrogens (tertiary/aromatic N) is 2. The van der Waals surface area contributed by atoms with Crippen molar-refractivity contribution in [3.63, 3.8) is 0 Å². The molecule has 0 bridgehead atoms. The third-order valence-electron chi connectivity index (χ3n) is 4.44. The lowest BCUT2D eigenvalue weighted by Crippen LogP contribution is -2.39. The first kappa shape index (κ1) is 23.8. The molecule has 0 atom stereocenters. The maximum atomic E-state index is 14.2. The summed E-state index contributed by atoms with van der Waals surface area (Å²) in [6, 6.07) is 2.27. The van der Waals surface area contributed by atoms with E-state index in [2.05, 4.69) is 44.2 Å². The summed E-state index contributed by atoms with van der Waals surface area (Å²) in [6.45, 7) is 23.6. The van der Waals surface area contributed by atoms with Crippen molar-refractivity contribution < 1.29 is 4.39 Å². The predicted molar refractivity (Wildman–Crippen MR) is 111 cm³/mol. The molecule has 26 heavy (non-hydrogen) atoms. The topological polar surface area (TPSA) is 27.0 Å². The van der Waals surface area contributed by atoms with Crippen LogP contribution < -0.4 is 0 Å². The second-order valence-corrected chi connectivity index (χ2v) is 6.67. The molecule has 0 spiro atoms. The Hall–Kier alpha value is -2.18. The van der Waals surface area contributed by atoms with E-state index in [1.54, 1.807) is 18.2 Å². The van der Waals surface area contributed by atoms with Crippen LogP contribution in [0.5, 0.6) is 0 Å². The second kappa shape index (κ2) is 12.2. The highest BCUT2D eigenvalue weighted by molar-refractivity contribution is 5.48. The fourth-order valence-electron chi connectivity index (χ4n) is 2.66. The third kappa shape index (κ3) is 8.27. The number of nitriles is 1. The number of hydrogen-bond donors (Lipinski definition) is 0. The number of hydrogen-bond acceptors (Lipinski definition) is 2. The van der Waals surface area contributed by atoms with Gasteiger partial charge in [-0.1, -0.05) is 65.3 Å². The molecule has 0 aromatic carbocycles. The van der Waals surface area contributed by atoms with Crippen molar-refractivity contribution in [2.45, 2.75) is 40.0 Å². The summed E-state index contributed by atoms with van der Waals surface area (Å²) in [5.41, 5.74) is 1.59. The maximum absolute atomic E-state index is 14.2. The number of rotatable bonds is 8. The molecule has 0 amide bonds. The zero-order chi connectivity index (χ0) is 20.2. The van der Waals surface area contributed by atoms with Crippen molar-refractivity contribution in [2.75, 3.05) is 19.6 Å². The van der Waals surface area contributed by atoms with E-state index in [4.69, 9.17) is 5.26 Å². The molecule has 0 aromatic rings. The minimum Gasteiger partial charge on any atom is -0.299 e. The van der Waals surface area contributed by atoms with Crippen LogP contribution in [0, 0.1) is 16.7 Å². The summed E-state index contributed by atoms with van der Waals surface area (Å²) in [5.74, 6) is -0.412. The SMILES string of the molecule is C=C/C=C\C(=C)C(=C)/C(F)=C\C(=C)CN1CCC(C)(CC#N)CC1.CC.